The van der Waals surface area contributed by atoms with Gasteiger partial charge in [-0.2, -0.15) is 0 Å². The first-order valence-corrected chi connectivity index (χ1v) is 5.22. The van der Waals surface area contributed by atoms with Crippen molar-refractivity contribution in [2.24, 2.45) is 0 Å². The summed E-state index contributed by atoms with van der Waals surface area (Å²) in [6.07, 6.45) is 0.992. The molecule has 84 valence electrons. The van der Waals surface area contributed by atoms with Gasteiger partial charge in [0, 0.05) is 7.11 Å². The second-order valence-electron chi connectivity index (χ2n) is 3.14. The van der Waals surface area contributed by atoms with E-state index < -0.39 is 0 Å². The molecule has 1 rings (SSSR count). The van der Waals surface area contributed by atoms with Crippen LogP contribution in [-0.2, 0) is 4.74 Å². The molecule has 1 aromatic rings. The molecule has 0 saturated heterocycles. The molecule has 0 bridgehead atoms. The number of rotatable bonds is 7. The number of hydrogen-bond acceptors (Lipinski definition) is 3. The first-order valence-electron chi connectivity index (χ1n) is 5.22. The topological polar surface area (TPSA) is 27.7 Å². The van der Waals surface area contributed by atoms with Crippen molar-refractivity contribution < 1.29 is 14.2 Å². The van der Waals surface area contributed by atoms with E-state index in [-0.39, 0.29) is 0 Å². The van der Waals surface area contributed by atoms with Crippen LogP contribution >= 0.6 is 0 Å². The van der Waals surface area contributed by atoms with Crippen LogP contribution in [0.15, 0.2) is 24.3 Å². The van der Waals surface area contributed by atoms with Crippen molar-refractivity contribution in [1.29, 1.82) is 0 Å². The summed E-state index contributed by atoms with van der Waals surface area (Å²) in [6, 6.07) is 7.69. The minimum absolute atomic E-state index is 0.545. The molecule has 3 nitrogen and oxygen atoms in total. The first kappa shape index (κ1) is 11.9. The van der Waals surface area contributed by atoms with Crippen LogP contribution in [0.1, 0.15) is 13.3 Å². The zero-order valence-electron chi connectivity index (χ0n) is 9.36. The van der Waals surface area contributed by atoms with Gasteiger partial charge in [-0.25, -0.2) is 0 Å². The highest BCUT2D eigenvalue weighted by molar-refractivity contribution is 5.39. The molecule has 0 aromatic heterocycles. The van der Waals surface area contributed by atoms with Crippen LogP contribution in [-0.4, -0.2) is 26.9 Å². The van der Waals surface area contributed by atoms with Crippen molar-refractivity contribution in [1.82, 2.24) is 0 Å². The minimum atomic E-state index is 0.545. The molecular weight excluding hydrogens is 192 g/mol. The van der Waals surface area contributed by atoms with Gasteiger partial charge in [0.2, 0.25) is 0 Å². The maximum absolute atomic E-state index is 5.55. The summed E-state index contributed by atoms with van der Waals surface area (Å²) >= 11 is 0. The van der Waals surface area contributed by atoms with Gasteiger partial charge in [-0.1, -0.05) is 19.1 Å². The summed E-state index contributed by atoms with van der Waals surface area (Å²) in [5, 5.41) is 0. The zero-order valence-corrected chi connectivity index (χ0v) is 9.36. The SMILES string of the molecule is CCCOc1ccccc1OCCOC. The van der Waals surface area contributed by atoms with Crippen LogP contribution in [0, 0.1) is 0 Å². The Labute approximate surface area is 91.0 Å². The average molecular weight is 210 g/mol. The van der Waals surface area contributed by atoms with E-state index in [4.69, 9.17) is 14.2 Å². The van der Waals surface area contributed by atoms with Crippen LogP contribution in [0.3, 0.4) is 0 Å². The Hall–Kier alpha value is -1.22. The normalized spacial score (nSPS) is 10.0. The Kier molecular flexibility index (Phi) is 5.63. The van der Waals surface area contributed by atoms with Crippen LogP contribution in [0.5, 0.6) is 11.5 Å². The van der Waals surface area contributed by atoms with E-state index in [1.54, 1.807) is 7.11 Å². The Bertz CT molecular complexity index is 273. The predicted octanol–water partition coefficient (Wildman–Crippen LogP) is 2.50. The lowest BCUT2D eigenvalue weighted by molar-refractivity contribution is 0.143. The molecule has 0 fully saturated rings. The van der Waals surface area contributed by atoms with E-state index in [1.165, 1.54) is 0 Å². The van der Waals surface area contributed by atoms with E-state index in [0.717, 1.165) is 17.9 Å². The van der Waals surface area contributed by atoms with E-state index in [9.17, 15) is 0 Å². The lowest BCUT2D eigenvalue weighted by atomic mass is 10.3. The molecule has 0 spiro atoms. The molecule has 0 atom stereocenters. The van der Waals surface area contributed by atoms with Crippen molar-refractivity contribution in [3.05, 3.63) is 24.3 Å². The van der Waals surface area contributed by atoms with Gasteiger partial charge in [0.05, 0.1) is 13.2 Å². The second-order valence-corrected chi connectivity index (χ2v) is 3.14. The van der Waals surface area contributed by atoms with Gasteiger partial charge < -0.3 is 14.2 Å². The highest BCUT2D eigenvalue weighted by Crippen LogP contribution is 2.26. The summed E-state index contributed by atoms with van der Waals surface area (Å²) in [7, 11) is 1.66. The van der Waals surface area contributed by atoms with Gasteiger partial charge in [0.15, 0.2) is 11.5 Å². The number of hydrogen-bond donors (Lipinski definition) is 0. The summed E-state index contributed by atoms with van der Waals surface area (Å²) in [5.74, 6) is 1.58. The molecule has 0 N–H and O–H groups in total. The molecule has 0 aliphatic rings. The van der Waals surface area contributed by atoms with Crippen molar-refractivity contribution >= 4 is 0 Å². The Balaban J connectivity index is 2.52. The summed E-state index contributed by atoms with van der Waals surface area (Å²) in [5.41, 5.74) is 0. The van der Waals surface area contributed by atoms with Crippen LogP contribution in [0.25, 0.3) is 0 Å². The molecule has 0 radical (unpaired) electrons. The molecular formula is C12H18O3. The fourth-order valence-corrected chi connectivity index (χ4v) is 1.14. The van der Waals surface area contributed by atoms with E-state index in [0.29, 0.717) is 19.8 Å². The van der Waals surface area contributed by atoms with Crippen molar-refractivity contribution in [3.63, 3.8) is 0 Å². The minimum Gasteiger partial charge on any atom is -0.490 e. The van der Waals surface area contributed by atoms with Crippen molar-refractivity contribution in [2.75, 3.05) is 26.9 Å². The van der Waals surface area contributed by atoms with Gasteiger partial charge in [0.25, 0.3) is 0 Å². The maximum atomic E-state index is 5.55. The summed E-state index contributed by atoms with van der Waals surface area (Å²) < 4.78 is 16.0. The first-order chi connectivity index (χ1) is 7.38. The maximum Gasteiger partial charge on any atom is 0.161 e. The molecule has 0 unspecified atom stereocenters. The molecule has 3 heteroatoms. The third-order valence-electron chi connectivity index (χ3n) is 1.86. The van der Waals surface area contributed by atoms with Gasteiger partial charge in [-0.3, -0.25) is 0 Å². The molecule has 0 saturated carbocycles. The third-order valence-corrected chi connectivity index (χ3v) is 1.86. The Morgan fingerprint density at radius 3 is 2.07 bits per heavy atom. The molecule has 15 heavy (non-hydrogen) atoms. The fraction of sp³-hybridized carbons (Fsp3) is 0.500. The Morgan fingerprint density at radius 2 is 1.53 bits per heavy atom. The zero-order chi connectivity index (χ0) is 10.9. The van der Waals surface area contributed by atoms with Crippen molar-refractivity contribution in [2.45, 2.75) is 13.3 Å². The van der Waals surface area contributed by atoms with Crippen molar-refractivity contribution in [3.8, 4) is 11.5 Å². The Morgan fingerprint density at radius 1 is 0.933 bits per heavy atom. The highest BCUT2D eigenvalue weighted by Gasteiger charge is 2.02. The van der Waals surface area contributed by atoms with E-state index >= 15 is 0 Å². The van der Waals surface area contributed by atoms with Gasteiger partial charge in [0.1, 0.15) is 6.61 Å². The highest BCUT2D eigenvalue weighted by atomic mass is 16.5. The predicted molar refractivity (Wildman–Crippen MR) is 59.6 cm³/mol. The number of ether oxygens (including phenoxy) is 3. The average Bonchev–Trinajstić information content (AvgIpc) is 2.28. The van der Waals surface area contributed by atoms with E-state index in [1.807, 2.05) is 24.3 Å². The van der Waals surface area contributed by atoms with Crippen LogP contribution < -0.4 is 9.47 Å². The number of methoxy groups -OCH3 is 1. The third kappa shape index (κ3) is 4.21. The lowest BCUT2D eigenvalue weighted by Crippen LogP contribution is -2.06. The van der Waals surface area contributed by atoms with E-state index in [2.05, 4.69) is 6.92 Å². The van der Waals surface area contributed by atoms with Gasteiger partial charge in [-0.15, -0.1) is 0 Å². The molecule has 0 heterocycles. The van der Waals surface area contributed by atoms with Crippen LogP contribution in [0.4, 0.5) is 0 Å². The number of benzene rings is 1. The fourth-order valence-electron chi connectivity index (χ4n) is 1.14. The second kappa shape index (κ2) is 7.12. The largest absolute Gasteiger partial charge is 0.490 e. The number of para-hydroxylation sites is 2. The molecule has 0 aliphatic carbocycles. The summed E-state index contributed by atoms with van der Waals surface area (Å²) in [6.45, 7) is 3.92. The molecule has 0 aliphatic heterocycles. The lowest BCUT2D eigenvalue weighted by Gasteiger charge is -2.11. The smallest absolute Gasteiger partial charge is 0.161 e. The monoisotopic (exact) mass is 210 g/mol. The van der Waals surface area contributed by atoms with Gasteiger partial charge >= 0.3 is 0 Å². The molecule has 0 amide bonds. The standard InChI is InChI=1S/C12H18O3/c1-3-8-14-11-6-4-5-7-12(11)15-10-9-13-2/h4-7H,3,8-10H2,1-2H3. The molecule has 1 aromatic carbocycles. The quantitative estimate of drug-likeness (QED) is 0.647. The summed E-state index contributed by atoms with van der Waals surface area (Å²) in [4.78, 5) is 0. The van der Waals surface area contributed by atoms with Gasteiger partial charge in [-0.05, 0) is 18.6 Å². The van der Waals surface area contributed by atoms with Crippen LogP contribution in [0.2, 0.25) is 0 Å².